The standard InChI is InChI=1S/C15H21ClN2O3/c1-2-3-4-5-6-7-10-17-15(19)13-11-12(16)8-9-14(13)18(20)21/h8-9,11H,2-7,10H2,1H3,(H,17,19). The molecular weight excluding hydrogens is 292 g/mol. The van der Waals surface area contributed by atoms with Crippen LogP contribution in [-0.2, 0) is 0 Å². The molecule has 0 radical (unpaired) electrons. The third-order valence-electron chi connectivity index (χ3n) is 3.22. The number of nitro benzene ring substituents is 1. The monoisotopic (exact) mass is 312 g/mol. The molecule has 0 unspecified atom stereocenters. The van der Waals surface area contributed by atoms with Gasteiger partial charge in [-0.2, -0.15) is 0 Å². The average Bonchev–Trinajstić information content (AvgIpc) is 2.45. The van der Waals surface area contributed by atoms with Gasteiger partial charge in [0.2, 0.25) is 0 Å². The summed E-state index contributed by atoms with van der Waals surface area (Å²) in [6, 6.07) is 3.99. The van der Waals surface area contributed by atoms with Crippen LogP contribution in [0.3, 0.4) is 0 Å². The van der Waals surface area contributed by atoms with Crippen molar-refractivity contribution in [3.05, 3.63) is 38.9 Å². The van der Waals surface area contributed by atoms with Crippen LogP contribution in [0.5, 0.6) is 0 Å². The van der Waals surface area contributed by atoms with Gasteiger partial charge in [-0.1, -0.05) is 50.6 Å². The number of carbonyl (C=O) groups excluding carboxylic acids is 1. The second-order valence-corrected chi connectivity index (χ2v) is 5.38. The highest BCUT2D eigenvalue weighted by molar-refractivity contribution is 6.31. The molecule has 21 heavy (non-hydrogen) atoms. The van der Waals surface area contributed by atoms with Crippen LogP contribution >= 0.6 is 11.6 Å². The van der Waals surface area contributed by atoms with E-state index in [0.29, 0.717) is 11.6 Å². The van der Waals surface area contributed by atoms with Crippen LogP contribution in [0.1, 0.15) is 55.8 Å². The first-order valence-corrected chi connectivity index (χ1v) is 7.66. The van der Waals surface area contributed by atoms with Crippen molar-refractivity contribution in [1.82, 2.24) is 5.32 Å². The van der Waals surface area contributed by atoms with Gasteiger partial charge in [0.25, 0.3) is 11.6 Å². The fourth-order valence-electron chi connectivity index (χ4n) is 2.05. The summed E-state index contributed by atoms with van der Waals surface area (Å²) < 4.78 is 0. The van der Waals surface area contributed by atoms with E-state index in [0.717, 1.165) is 19.3 Å². The Kier molecular flexibility index (Phi) is 7.75. The van der Waals surface area contributed by atoms with Crippen LogP contribution in [0, 0.1) is 10.1 Å². The van der Waals surface area contributed by atoms with E-state index in [1.54, 1.807) is 0 Å². The van der Waals surface area contributed by atoms with E-state index >= 15 is 0 Å². The number of hydrogen-bond donors (Lipinski definition) is 1. The maximum absolute atomic E-state index is 12.0. The Balaban J connectivity index is 2.45. The lowest BCUT2D eigenvalue weighted by atomic mass is 10.1. The lowest BCUT2D eigenvalue weighted by molar-refractivity contribution is -0.385. The number of halogens is 1. The molecule has 1 aromatic rings. The molecular formula is C15H21ClN2O3. The molecule has 0 aliphatic rings. The summed E-state index contributed by atoms with van der Waals surface area (Å²) in [5.41, 5.74) is -0.210. The summed E-state index contributed by atoms with van der Waals surface area (Å²) in [6.07, 6.45) is 6.74. The van der Waals surface area contributed by atoms with Crippen LogP contribution in [0.25, 0.3) is 0 Å². The lowest BCUT2D eigenvalue weighted by Gasteiger charge is -2.06. The summed E-state index contributed by atoms with van der Waals surface area (Å²) in [4.78, 5) is 22.3. The Hall–Kier alpha value is -1.62. The van der Waals surface area contributed by atoms with Gasteiger partial charge in [0.1, 0.15) is 5.56 Å². The van der Waals surface area contributed by atoms with Gasteiger partial charge in [0, 0.05) is 17.6 Å². The molecule has 0 saturated heterocycles. The van der Waals surface area contributed by atoms with Crippen LogP contribution in [-0.4, -0.2) is 17.4 Å². The van der Waals surface area contributed by atoms with E-state index in [1.165, 1.54) is 37.5 Å². The predicted octanol–water partition coefficient (Wildman–Crippen LogP) is 4.34. The van der Waals surface area contributed by atoms with Crippen molar-refractivity contribution in [3.8, 4) is 0 Å². The molecule has 0 saturated carbocycles. The quantitative estimate of drug-likeness (QED) is 0.419. The van der Waals surface area contributed by atoms with Gasteiger partial charge in [-0.15, -0.1) is 0 Å². The minimum Gasteiger partial charge on any atom is -0.352 e. The molecule has 1 amide bonds. The molecule has 5 nitrogen and oxygen atoms in total. The van der Waals surface area contributed by atoms with Crippen LogP contribution in [0.15, 0.2) is 18.2 Å². The molecule has 0 fully saturated rings. The molecule has 1 rings (SSSR count). The molecule has 0 spiro atoms. The van der Waals surface area contributed by atoms with Crippen molar-refractivity contribution in [2.45, 2.75) is 45.4 Å². The van der Waals surface area contributed by atoms with Gasteiger partial charge in [-0.25, -0.2) is 0 Å². The first kappa shape index (κ1) is 17.4. The normalized spacial score (nSPS) is 10.4. The molecule has 0 heterocycles. The smallest absolute Gasteiger partial charge is 0.282 e. The first-order chi connectivity index (χ1) is 10.1. The van der Waals surface area contributed by atoms with Crippen molar-refractivity contribution in [1.29, 1.82) is 0 Å². The highest BCUT2D eigenvalue weighted by atomic mass is 35.5. The van der Waals surface area contributed by atoms with Gasteiger partial charge in [0.15, 0.2) is 0 Å². The lowest BCUT2D eigenvalue weighted by Crippen LogP contribution is -2.25. The Morgan fingerprint density at radius 3 is 2.57 bits per heavy atom. The minimum absolute atomic E-state index is 0.0125. The van der Waals surface area contributed by atoms with Gasteiger partial charge in [-0.05, 0) is 18.6 Å². The summed E-state index contributed by atoms with van der Waals surface area (Å²) in [5, 5.41) is 13.9. The third-order valence-corrected chi connectivity index (χ3v) is 3.45. The SMILES string of the molecule is CCCCCCCCNC(=O)c1cc(Cl)ccc1[N+](=O)[O-]. The van der Waals surface area contributed by atoms with E-state index in [9.17, 15) is 14.9 Å². The van der Waals surface area contributed by atoms with E-state index in [4.69, 9.17) is 11.6 Å². The summed E-state index contributed by atoms with van der Waals surface area (Å²) in [6.45, 7) is 2.69. The summed E-state index contributed by atoms with van der Waals surface area (Å²) in [7, 11) is 0. The minimum atomic E-state index is -0.573. The number of nitrogens with one attached hydrogen (secondary N) is 1. The zero-order valence-corrected chi connectivity index (χ0v) is 13.0. The third kappa shape index (κ3) is 6.12. The van der Waals surface area contributed by atoms with E-state index < -0.39 is 10.8 Å². The number of rotatable bonds is 9. The zero-order chi connectivity index (χ0) is 15.7. The number of hydrogen-bond acceptors (Lipinski definition) is 3. The maximum Gasteiger partial charge on any atom is 0.282 e. The van der Waals surface area contributed by atoms with E-state index in [1.807, 2.05) is 0 Å². The Morgan fingerprint density at radius 2 is 1.90 bits per heavy atom. The highest BCUT2D eigenvalue weighted by Gasteiger charge is 2.19. The van der Waals surface area contributed by atoms with Gasteiger partial charge >= 0.3 is 0 Å². The highest BCUT2D eigenvalue weighted by Crippen LogP contribution is 2.22. The van der Waals surface area contributed by atoms with Crippen molar-refractivity contribution < 1.29 is 9.72 Å². The predicted molar refractivity (Wildman–Crippen MR) is 83.8 cm³/mol. The Morgan fingerprint density at radius 1 is 1.24 bits per heavy atom. The summed E-state index contributed by atoms with van der Waals surface area (Å²) >= 11 is 5.80. The number of carbonyl (C=O) groups is 1. The molecule has 0 aromatic heterocycles. The summed E-state index contributed by atoms with van der Waals surface area (Å²) in [5.74, 6) is -0.447. The largest absolute Gasteiger partial charge is 0.352 e. The number of benzene rings is 1. The fourth-order valence-corrected chi connectivity index (χ4v) is 2.22. The number of amides is 1. The van der Waals surface area contributed by atoms with Crippen LogP contribution in [0.4, 0.5) is 5.69 Å². The molecule has 0 bridgehead atoms. The molecule has 0 aliphatic carbocycles. The molecule has 116 valence electrons. The second-order valence-electron chi connectivity index (χ2n) is 4.94. The van der Waals surface area contributed by atoms with Crippen molar-refractivity contribution in [2.24, 2.45) is 0 Å². The number of nitrogens with zero attached hydrogens (tertiary/aromatic N) is 1. The maximum atomic E-state index is 12.0. The van der Waals surface area contributed by atoms with Gasteiger partial charge < -0.3 is 5.32 Å². The second kappa shape index (κ2) is 9.34. The molecule has 1 N–H and O–H groups in total. The van der Waals surface area contributed by atoms with E-state index in [2.05, 4.69) is 12.2 Å². The number of unbranched alkanes of at least 4 members (excludes halogenated alkanes) is 5. The van der Waals surface area contributed by atoms with E-state index in [-0.39, 0.29) is 11.3 Å². The molecule has 0 aliphatic heterocycles. The number of nitro groups is 1. The molecule has 6 heteroatoms. The van der Waals surface area contributed by atoms with Crippen molar-refractivity contribution >= 4 is 23.2 Å². The fraction of sp³-hybridized carbons (Fsp3) is 0.533. The zero-order valence-electron chi connectivity index (χ0n) is 12.2. The Labute approximate surface area is 129 Å². The van der Waals surface area contributed by atoms with Crippen LogP contribution in [0.2, 0.25) is 5.02 Å². The first-order valence-electron chi connectivity index (χ1n) is 7.28. The van der Waals surface area contributed by atoms with Crippen molar-refractivity contribution in [3.63, 3.8) is 0 Å². The van der Waals surface area contributed by atoms with Gasteiger partial charge in [0.05, 0.1) is 4.92 Å². The molecule has 1 aromatic carbocycles. The topological polar surface area (TPSA) is 72.2 Å². The average molecular weight is 313 g/mol. The molecule has 0 atom stereocenters. The van der Waals surface area contributed by atoms with Crippen LogP contribution < -0.4 is 5.32 Å². The van der Waals surface area contributed by atoms with Crippen molar-refractivity contribution in [2.75, 3.05) is 6.54 Å². The van der Waals surface area contributed by atoms with Gasteiger partial charge in [-0.3, -0.25) is 14.9 Å². The Bertz CT molecular complexity index is 492.